The van der Waals surface area contributed by atoms with Crippen molar-refractivity contribution in [1.82, 2.24) is 10.6 Å². The summed E-state index contributed by atoms with van der Waals surface area (Å²) in [5.74, 6) is -0.281. The molecule has 0 heterocycles. The number of hydrogen-bond acceptors (Lipinski definition) is 3. The molecule has 1 aromatic rings. The van der Waals surface area contributed by atoms with E-state index in [0.29, 0.717) is 0 Å². The van der Waals surface area contributed by atoms with Gasteiger partial charge in [0.15, 0.2) is 11.6 Å². The Morgan fingerprint density at radius 2 is 2.24 bits per heavy atom. The van der Waals surface area contributed by atoms with Crippen LogP contribution in [0.3, 0.4) is 0 Å². The molecule has 1 rings (SSSR count). The Balaban J connectivity index is 2.68. The summed E-state index contributed by atoms with van der Waals surface area (Å²) in [4.78, 5) is 11.1. The molecule has 94 valence electrons. The number of methoxy groups -OCH3 is 1. The van der Waals surface area contributed by atoms with Gasteiger partial charge in [0, 0.05) is 13.1 Å². The second-order valence-corrected chi connectivity index (χ2v) is 3.67. The van der Waals surface area contributed by atoms with Crippen LogP contribution in [0.1, 0.15) is 18.5 Å². The molecule has 0 aliphatic carbocycles. The number of ether oxygens (including phenoxy) is 1. The molecule has 4 nitrogen and oxygen atoms in total. The normalized spacial score (nSPS) is 12.0. The quantitative estimate of drug-likeness (QED) is 0.814. The van der Waals surface area contributed by atoms with Gasteiger partial charge >= 0.3 is 0 Å². The zero-order valence-electron chi connectivity index (χ0n) is 10.2. The first-order valence-corrected chi connectivity index (χ1v) is 5.36. The number of amides is 1. The number of likely N-dealkylation sites (N-methyl/N-ethyl adjacent to an activating group) is 1. The standard InChI is InChI=1S/C12H17FN2O2/c1-8(15-7-12(16)14-2)9-4-5-10(13)11(6-9)17-3/h4-6,8,15H,7H2,1-3H3,(H,14,16). The van der Waals surface area contributed by atoms with Crippen molar-refractivity contribution in [2.24, 2.45) is 0 Å². The predicted molar refractivity (Wildman–Crippen MR) is 63.4 cm³/mol. The Morgan fingerprint density at radius 1 is 1.53 bits per heavy atom. The number of nitrogens with one attached hydrogen (secondary N) is 2. The fraction of sp³-hybridized carbons (Fsp3) is 0.417. The van der Waals surface area contributed by atoms with Gasteiger partial charge in [-0.15, -0.1) is 0 Å². The highest BCUT2D eigenvalue weighted by molar-refractivity contribution is 5.77. The zero-order chi connectivity index (χ0) is 12.8. The average molecular weight is 240 g/mol. The van der Waals surface area contributed by atoms with Crippen LogP contribution in [0.25, 0.3) is 0 Å². The minimum Gasteiger partial charge on any atom is -0.494 e. The topological polar surface area (TPSA) is 50.4 Å². The summed E-state index contributed by atoms with van der Waals surface area (Å²) in [6.45, 7) is 2.12. The Labute approximate surface area is 100 Å². The Kier molecular flexibility index (Phi) is 4.90. The van der Waals surface area contributed by atoms with Gasteiger partial charge in [0.05, 0.1) is 13.7 Å². The van der Waals surface area contributed by atoms with Crippen molar-refractivity contribution in [3.05, 3.63) is 29.6 Å². The molecule has 0 saturated carbocycles. The number of benzene rings is 1. The van der Waals surface area contributed by atoms with Crippen molar-refractivity contribution in [1.29, 1.82) is 0 Å². The number of carbonyl (C=O) groups is 1. The SMILES string of the molecule is CNC(=O)CNC(C)c1ccc(F)c(OC)c1. The molecule has 0 aliphatic rings. The molecule has 1 atom stereocenters. The van der Waals surface area contributed by atoms with Crippen molar-refractivity contribution in [3.8, 4) is 5.75 Å². The lowest BCUT2D eigenvalue weighted by Gasteiger charge is -2.14. The average Bonchev–Trinajstić information content (AvgIpc) is 2.35. The van der Waals surface area contributed by atoms with Gasteiger partial charge in [-0.2, -0.15) is 0 Å². The Hall–Kier alpha value is -1.62. The third-order valence-electron chi connectivity index (χ3n) is 2.52. The van der Waals surface area contributed by atoms with E-state index in [-0.39, 0.29) is 24.2 Å². The fourth-order valence-corrected chi connectivity index (χ4v) is 1.40. The van der Waals surface area contributed by atoms with Gasteiger partial charge in [0.25, 0.3) is 0 Å². The summed E-state index contributed by atoms with van der Waals surface area (Å²) >= 11 is 0. The van der Waals surface area contributed by atoms with Gasteiger partial charge in [0.1, 0.15) is 0 Å². The molecule has 0 fully saturated rings. The van der Waals surface area contributed by atoms with E-state index in [9.17, 15) is 9.18 Å². The summed E-state index contributed by atoms with van der Waals surface area (Å²) < 4.78 is 18.1. The van der Waals surface area contributed by atoms with E-state index in [2.05, 4.69) is 10.6 Å². The lowest BCUT2D eigenvalue weighted by atomic mass is 10.1. The lowest BCUT2D eigenvalue weighted by Crippen LogP contribution is -2.32. The van der Waals surface area contributed by atoms with Crippen molar-refractivity contribution in [2.45, 2.75) is 13.0 Å². The molecule has 0 aliphatic heterocycles. The molecular formula is C12H17FN2O2. The lowest BCUT2D eigenvalue weighted by molar-refractivity contribution is -0.119. The van der Waals surface area contributed by atoms with Crippen LogP contribution in [0.15, 0.2) is 18.2 Å². The Bertz CT molecular complexity index is 396. The predicted octanol–water partition coefficient (Wildman–Crippen LogP) is 1.23. The third kappa shape index (κ3) is 3.71. The van der Waals surface area contributed by atoms with Gasteiger partial charge in [-0.1, -0.05) is 6.07 Å². The zero-order valence-corrected chi connectivity index (χ0v) is 10.2. The molecule has 1 unspecified atom stereocenters. The molecule has 1 amide bonds. The van der Waals surface area contributed by atoms with E-state index in [0.717, 1.165) is 5.56 Å². The van der Waals surface area contributed by atoms with E-state index in [4.69, 9.17) is 4.74 Å². The number of hydrogen-bond donors (Lipinski definition) is 2. The summed E-state index contributed by atoms with van der Waals surface area (Å²) in [6.07, 6.45) is 0. The number of carbonyl (C=O) groups excluding carboxylic acids is 1. The Morgan fingerprint density at radius 3 is 2.82 bits per heavy atom. The van der Waals surface area contributed by atoms with E-state index < -0.39 is 5.82 Å². The molecule has 0 aromatic heterocycles. The van der Waals surface area contributed by atoms with Crippen LogP contribution in [0.5, 0.6) is 5.75 Å². The van der Waals surface area contributed by atoms with E-state index in [1.54, 1.807) is 19.2 Å². The van der Waals surface area contributed by atoms with Gasteiger partial charge in [-0.25, -0.2) is 4.39 Å². The minimum absolute atomic E-state index is 0.0539. The van der Waals surface area contributed by atoms with Crippen LogP contribution in [0.2, 0.25) is 0 Å². The van der Waals surface area contributed by atoms with E-state index >= 15 is 0 Å². The van der Waals surface area contributed by atoms with Gasteiger partial charge in [0.2, 0.25) is 5.91 Å². The molecule has 0 saturated heterocycles. The highest BCUT2D eigenvalue weighted by Crippen LogP contribution is 2.22. The highest BCUT2D eigenvalue weighted by Gasteiger charge is 2.10. The monoisotopic (exact) mass is 240 g/mol. The van der Waals surface area contributed by atoms with Crippen LogP contribution in [0.4, 0.5) is 4.39 Å². The third-order valence-corrected chi connectivity index (χ3v) is 2.52. The molecule has 0 spiro atoms. The van der Waals surface area contributed by atoms with Gasteiger partial charge in [-0.05, 0) is 24.6 Å². The van der Waals surface area contributed by atoms with Gasteiger partial charge < -0.3 is 15.4 Å². The first-order chi connectivity index (χ1) is 8.08. The molecule has 17 heavy (non-hydrogen) atoms. The molecule has 0 radical (unpaired) electrons. The maximum atomic E-state index is 13.2. The maximum Gasteiger partial charge on any atom is 0.233 e. The summed E-state index contributed by atoms with van der Waals surface area (Å²) in [6, 6.07) is 4.59. The summed E-state index contributed by atoms with van der Waals surface area (Å²) in [5, 5.41) is 5.55. The fourth-order valence-electron chi connectivity index (χ4n) is 1.40. The number of rotatable bonds is 5. The van der Waals surface area contributed by atoms with E-state index in [1.165, 1.54) is 13.2 Å². The first-order valence-electron chi connectivity index (χ1n) is 5.36. The van der Waals surface area contributed by atoms with Crippen LogP contribution in [0, 0.1) is 5.82 Å². The smallest absolute Gasteiger partial charge is 0.233 e. The molecule has 2 N–H and O–H groups in total. The minimum atomic E-state index is -0.394. The van der Waals surface area contributed by atoms with Crippen molar-refractivity contribution < 1.29 is 13.9 Å². The van der Waals surface area contributed by atoms with Crippen LogP contribution in [-0.4, -0.2) is 26.6 Å². The van der Waals surface area contributed by atoms with Crippen molar-refractivity contribution in [3.63, 3.8) is 0 Å². The molecule has 1 aromatic carbocycles. The first kappa shape index (κ1) is 13.4. The molecule has 5 heteroatoms. The number of halogens is 1. The maximum absolute atomic E-state index is 13.2. The summed E-state index contributed by atoms with van der Waals surface area (Å²) in [5.41, 5.74) is 0.868. The van der Waals surface area contributed by atoms with Gasteiger partial charge in [-0.3, -0.25) is 4.79 Å². The van der Waals surface area contributed by atoms with Crippen LogP contribution >= 0.6 is 0 Å². The van der Waals surface area contributed by atoms with E-state index in [1.807, 2.05) is 6.92 Å². The van der Waals surface area contributed by atoms with Crippen LogP contribution < -0.4 is 15.4 Å². The van der Waals surface area contributed by atoms with Crippen molar-refractivity contribution in [2.75, 3.05) is 20.7 Å². The highest BCUT2D eigenvalue weighted by atomic mass is 19.1. The van der Waals surface area contributed by atoms with Crippen molar-refractivity contribution >= 4 is 5.91 Å². The second-order valence-electron chi connectivity index (χ2n) is 3.67. The molecule has 0 bridgehead atoms. The van der Waals surface area contributed by atoms with Crippen LogP contribution in [-0.2, 0) is 4.79 Å². The largest absolute Gasteiger partial charge is 0.494 e. The molecular weight excluding hydrogens is 223 g/mol. The summed E-state index contributed by atoms with van der Waals surface area (Å²) in [7, 11) is 3.00. The second kappa shape index (κ2) is 6.20.